The van der Waals surface area contributed by atoms with Gasteiger partial charge in [0, 0.05) is 40.0 Å². The smallest absolute Gasteiger partial charge is 0.279 e. The molecule has 0 aliphatic carbocycles. The van der Waals surface area contributed by atoms with Gasteiger partial charge in [-0.05, 0) is 38.5 Å². The summed E-state index contributed by atoms with van der Waals surface area (Å²) < 4.78 is 7.16. The van der Waals surface area contributed by atoms with Crippen LogP contribution in [0.3, 0.4) is 0 Å². The summed E-state index contributed by atoms with van der Waals surface area (Å²) >= 11 is 7.70. The van der Waals surface area contributed by atoms with Gasteiger partial charge in [-0.15, -0.1) is 11.3 Å². The fourth-order valence-corrected chi connectivity index (χ4v) is 4.09. The number of nitrogens with one attached hydrogen (secondary N) is 1. The van der Waals surface area contributed by atoms with Gasteiger partial charge < -0.3 is 9.09 Å². The predicted molar refractivity (Wildman–Crippen MR) is 115 cm³/mol. The molecule has 0 atom stereocenters. The van der Waals surface area contributed by atoms with Gasteiger partial charge in [0.25, 0.3) is 5.91 Å². The Morgan fingerprint density at radius 2 is 2.03 bits per heavy atom. The molecule has 0 fully saturated rings. The highest BCUT2D eigenvalue weighted by atomic mass is 35.5. The Hall–Kier alpha value is -2.90. The molecule has 8 heteroatoms. The molecule has 3 heterocycles. The molecule has 4 rings (SSSR count). The van der Waals surface area contributed by atoms with Gasteiger partial charge in [0.15, 0.2) is 10.8 Å². The van der Waals surface area contributed by atoms with Gasteiger partial charge in [-0.1, -0.05) is 35.0 Å². The number of rotatable bonds is 5. The van der Waals surface area contributed by atoms with Crippen LogP contribution in [0.4, 0.5) is 5.13 Å². The van der Waals surface area contributed by atoms with Crippen LogP contribution in [0.1, 0.15) is 33.2 Å². The Morgan fingerprint density at radius 1 is 1.24 bits per heavy atom. The van der Waals surface area contributed by atoms with Crippen molar-refractivity contribution in [2.24, 2.45) is 0 Å². The van der Waals surface area contributed by atoms with Crippen molar-refractivity contribution < 1.29 is 9.32 Å². The van der Waals surface area contributed by atoms with Crippen molar-refractivity contribution in [2.45, 2.75) is 27.3 Å². The molecule has 1 amide bonds. The number of carbonyl (C=O) groups is 1. The molecule has 0 radical (unpaired) electrons. The first-order valence-corrected chi connectivity index (χ1v) is 10.3. The molecule has 0 saturated heterocycles. The number of carbonyl (C=O) groups excluding carboxylic acids is 1. The average molecular weight is 427 g/mol. The summed E-state index contributed by atoms with van der Waals surface area (Å²) in [5.41, 5.74) is 5.37. The van der Waals surface area contributed by atoms with Crippen molar-refractivity contribution in [3.05, 3.63) is 75.2 Å². The summed E-state index contributed by atoms with van der Waals surface area (Å²) in [6, 6.07) is 11.5. The maximum atomic E-state index is 12.2. The van der Waals surface area contributed by atoms with Gasteiger partial charge in [0.05, 0.1) is 5.69 Å². The van der Waals surface area contributed by atoms with Gasteiger partial charge in [0.2, 0.25) is 0 Å². The fraction of sp³-hybridized carbons (Fsp3) is 0.190. The summed E-state index contributed by atoms with van der Waals surface area (Å²) in [4.78, 5) is 16.8. The number of benzene rings is 1. The number of anilines is 1. The van der Waals surface area contributed by atoms with Crippen molar-refractivity contribution in [3.63, 3.8) is 0 Å². The molecular formula is C21H19ClN4O2S. The monoisotopic (exact) mass is 426 g/mol. The van der Waals surface area contributed by atoms with Crippen molar-refractivity contribution in [1.82, 2.24) is 14.7 Å². The number of hydrogen-bond acceptors (Lipinski definition) is 5. The summed E-state index contributed by atoms with van der Waals surface area (Å²) in [6.45, 7) is 6.56. The van der Waals surface area contributed by atoms with Crippen LogP contribution in [0, 0.1) is 20.8 Å². The predicted octanol–water partition coefficient (Wildman–Crippen LogP) is 5.48. The number of aryl methyl sites for hydroxylation is 2. The SMILES string of the molecule is Cc1cc(C(=O)Nc2nc(-c3cc(C)n(Cc4ccccc4Cl)c3C)cs2)no1. The molecule has 1 N–H and O–H groups in total. The van der Waals surface area contributed by atoms with Crippen LogP contribution in [-0.2, 0) is 6.54 Å². The zero-order chi connectivity index (χ0) is 20.5. The molecule has 0 unspecified atom stereocenters. The molecule has 6 nitrogen and oxygen atoms in total. The van der Waals surface area contributed by atoms with Crippen LogP contribution >= 0.6 is 22.9 Å². The minimum absolute atomic E-state index is 0.233. The largest absolute Gasteiger partial charge is 0.361 e. The van der Waals surface area contributed by atoms with E-state index in [0.717, 1.165) is 33.2 Å². The van der Waals surface area contributed by atoms with Crippen molar-refractivity contribution in [2.75, 3.05) is 5.32 Å². The number of hydrogen-bond donors (Lipinski definition) is 1. The lowest BCUT2D eigenvalue weighted by Crippen LogP contribution is -2.11. The van der Waals surface area contributed by atoms with Crippen LogP contribution in [0.25, 0.3) is 11.3 Å². The maximum absolute atomic E-state index is 12.2. The van der Waals surface area contributed by atoms with Gasteiger partial charge in [-0.3, -0.25) is 10.1 Å². The van der Waals surface area contributed by atoms with E-state index in [2.05, 4.69) is 39.9 Å². The minimum atomic E-state index is -0.341. The third-order valence-corrected chi connectivity index (χ3v) is 5.85. The topological polar surface area (TPSA) is 73.0 Å². The molecule has 0 aliphatic rings. The van der Waals surface area contributed by atoms with Gasteiger partial charge >= 0.3 is 0 Å². The van der Waals surface area contributed by atoms with Crippen LogP contribution in [0.2, 0.25) is 5.02 Å². The second-order valence-electron chi connectivity index (χ2n) is 6.78. The summed E-state index contributed by atoms with van der Waals surface area (Å²) in [7, 11) is 0. The van der Waals surface area contributed by atoms with E-state index < -0.39 is 0 Å². The quantitative estimate of drug-likeness (QED) is 0.458. The lowest BCUT2D eigenvalue weighted by molar-refractivity contribution is 0.101. The second-order valence-corrected chi connectivity index (χ2v) is 8.04. The third-order valence-electron chi connectivity index (χ3n) is 4.72. The van der Waals surface area contributed by atoms with E-state index in [-0.39, 0.29) is 11.6 Å². The number of nitrogens with zero attached hydrogens (tertiary/aromatic N) is 3. The molecule has 0 spiro atoms. The summed E-state index contributed by atoms with van der Waals surface area (Å²) in [5.74, 6) is 0.243. The van der Waals surface area contributed by atoms with E-state index in [0.29, 0.717) is 17.4 Å². The Labute approximate surface area is 177 Å². The van der Waals surface area contributed by atoms with E-state index >= 15 is 0 Å². The zero-order valence-electron chi connectivity index (χ0n) is 16.2. The average Bonchev–Trinajstić information content (AvgIpc) is 3.39. The van der Waals surface area contributed by atoms with Crippen molar-refractivity contribution in [3.8, 4) is 11.3 Å². The van der Waals surface area contributed by atoms with E-state index in [4.69, 9.17) is 16.1 Å². The van der Waals surface area contributed by atoms with E-state index in [9.17, 15) is 4.79 Å². The molecule has 1 aromatic carbocycles. The van der Waals surface area contributed by atoms with Crippen LogP contribution in [-0.4, -0.2) is 20.6 Å². The van der Waals surface area contributed by atoms with Gasteiger partial charge in [0.1, 0.15) is 5.76 Å². The fourth-order valence-electron chi connectivity index (χ4n) is 3.19. The van der Waals surface area contributed by atoms with E-state index in [1.54, 1.807) is 13.0 Å². The molecule has 148 valence electrons. The highest BCUT2D eigenvalue weighted by Crippen LogP contribution is 2.31. The van der Waals surface area contributed by atoms with Crippen molar-refractivity contribution in [1.29, 1.82) is 0 Å². The Bertz CT molecular complexity index is 1190. The Balaban J connectivity index is 1.57. The molecule has 4 aromatic rings. The minimum Gasteiger partial charge on any atom is -0.361 e. The number of thiazole rings is 1. The number of halogens is 1. The zero-order valence-corrected chi connectivity index (χ0v) is 17.8. The van der Waals surface area contributed by atoms with Gasteiger partial charge in [-0.25, -0.2) is 4.98 Å². The molecule has 0 aliphatic heterocycles. The Kier molecular flexibility index (Phi) is 5.25. The van der Waals surface area contributed by atoms with Crippen LogP contribution < -0.4 is 5.32 Å². The molecular weight excluding hydrogens is 408 g/mol. The molecule has 29 heavy (non-hydrogen) atoms. The van der Waals surface area contributed by atoms with Crippen LogP contribution in [0.5, 0.6) is 0 Å². The maximum Gasteiger partial charge on any atom is 0.279 e. The highest BCUT2D eigenvalue weighted by Gasteiger charge is 2.17. The van der Waals surface area contributed by atoms with E-state index in [1.807, 2.05) is 29.6 Å². The lowest BCUT2D eigenvalue weighted by atomic mass is 10.2. The van der Waals surface area contributed by atoms with Crippen molar-refractivity contribution >= 4 is 34.0 Å². The molecule has 0 saturated carbocycles. The number of aromatic nitrogens is 3. The Morgan fingerprint density at radius 3 is 2.76 bits per heavy atom. The highest BCUT2D eigenvalue weighted by molar-refractivity contribution is 7.14. The standard InChI is InChI=1S/C21H19ClN4O2S/c1-12-8-16(14(3)26(12)10-15-6-4-5-7-17(15)22)19-11-29-21(23-19)24-20(27)18-9-13(2)28-25-18/h4-9,11H,10H2,1-3H3,(H,23,24,27). The summed E-state index contributed by atoms with van der Waals surface area (Å²) in [5, 5.41) is 9.70. The molecule has 3 aromatic heterocycles. The normalized spacial score (nSPS) is 11.0. The first kappa shape index (κ1) is 19.4. The molecule has 0 bridgehead atoms. The second kappa shape index (κ2) is 7.85. The summed E-state index contributed by atoms with van der Waals surface area (Å²) in [6.07, 6.45) is 0. The van der Waals surface area contributed by atoms with Gasteiger partial charge in [-0.2, -0.15) is 0 Å². The lowest BCUT2D eigenvalue weighted by Gasteiger charge is -2.11. The first-order chi connectivity index (χ1) is 13.9. The first-order valence-electron chi connectivity index (χ1n) is 9.03. The van der Waals surface area contributed by atoms with E-state index in [1.165, 1.54) is 11.3 Å². The number of amides is 1. The third kappa shape index (κ3) is 3.97. The van der Waals surface area contributed by atoms with Crippen LogP contribution in [0.15, 0.2) is 46.3 Å².